The van der Waals surface area contributed by atoms with Gasteiger partial charge >= 0.3 is 0 Å². The number of hydrogen-bond donors (Lipinski definition) is 1. The van der Waals surface area contributed by atoms with Crippen molar-refractivity contribution < 1.29 is 0 Å². The molecule has 1 rings (SSSR count). The highest BCUT2D eigenvalue weighted by Gasteiger charge is 1.98. The topological polar surface area (TPSA) is 28.2 Å². The molecule has 0 atom stereocenters. The maximum atomic E-state index is 4.23. The molecule has 0 aliphatic rings. The van der Waals surface area contributed by atoms with E-state index in [-0.39, 0.29) is 24.8 Å². The molecular formula is C9H17Cl2N3. The van der Waals surface area contributed by atoms with Crippen LogP contribution in [0, 0.1) is 0 Å². The number of nitrogens with zero attached hydrogens (tertiary/aromatic N) is 2. The van der Waals surface area contributed by atoms with Crippen molar-refractivity contribution >= 4 is 30.6 Å². The number of aromatic nitrogens is 1. The van der Waals surface area contributed by atoms with Gasteiger partial charge in [-0.2, -0.15) is 0 Å². The molecule has 1 heterocycles. The lowest BCUT2D eigenvalue weighted by molar-refractivity contribution is 0.761. The van der Waals surface area contributed by atoms with Crippen LogP contribution in [0.5, 0.6) is 0 Å². The molecule has 14 heavy (non-hydrogen) atoms. The second-order valence-electron chi connectivity index (χ2n) is 2.71. The van der Waals surface area contributed by atoms with Crippen LogP contribution in [-0.2, 0) is 0 Å². The molecule has 0 aliphatic heterocycles. The highest BCUT2D eigenvalue weighted by Crippen LogP contribution is 2.04. The molecule has 0 fully saturated rings. The van der Waals surface area contributed by atoms with Crippen LogP contribution in [0.25, 0.3) is 0 Å². The monoisotopic (exact) mass is 237 g/mol. The standard InChI is InChI=1S/C9H15N3.2ClH/c1-10-7-8-12(2)9-5-3-4-6-11-9;;/h3-6,10H,7-8H2,1-2H3;2*1H. The van der Waals surface area contributed by atoms with Crippen LogP contribution in [0.2, 0.25) is 0 Å². The molecule has 3 nitrogen and oxygen atoms in total. The lowest BCUT2D eigenvalue weighted by Gasteiger charge is -2.17. The van der Waals surface area contributed by atoms with E-state index in [1.54, 1.807) is 0 Å². The molecule has 82 valence electrons. The van der Waals surface area contributed by atoms with E-state index in [2.05, 4.69) is 15.2 Å². The van der Waals surface area contributed by atoms with E-state index in [9.17, 15) is 0 Å². The summed E-state index contributed by atoms with van der Waals surface area (Å²) in [4.78, 5) is 6.35. The summed E-state index contributed by atoms with van der Waals surface area (Å²) >= 11 is 0. The summed E-state index contributed by atoms with van der Waals surface area (Å²) in [5.41, 5.74) is 0. The van der Waals surface area contributed by atoms with Gasteiger partial charge < -0.3 is 10.2 Å². The number of anilines is 1. The molecule has 0 aliphatic carbocycles. The third-order valence-electron chi connectivity index (χ3n) is 1.74. The molecule has 1 aromatic rings. The molecule has 1 N–H and O–H groups in total. The number of hydrogen-bond acceptors (Lipinski definition) is 3. The molecule has 5 heteroatoms. The Balaban J connectivity index is 0. The number of likely N-dealkylation sites (N-methyl/N-ethyl adjacent to an activating group) is 2. The van der Waals surface area contributed by atoms with Gasteiger partial charge in [0.05, 0.1) is 0 Å². The van der Waals surface area contributed by atoms with Gasteiger partial charge in [0.25, 0.3) is 0 Å². The van der Waals surface area contributed by atoms with Gasteiger partial charge in [-0.1, -0.05) is 6.07 Å². The van der Waals surface area contributed by atoms with Gasteiger partial charge in [-0.15, -0.1) is 24.8 Å². The van der Waals surface area contributed by atoms with Crippen molar-refractivity contribution in [1.82, 2.24) is 10.3 Å². The fourth-order valence-electron chi connectivity index (χ4n) is 0.974. The Kier molecular flexibility index (Phi) is 10.3. The predicted octanol–water partition coefficient (Wildman–Crippen LogP) is 1.58. The van der Waals surface area contributed by atoms with Crippen molar-refractivity contribution in [2.75, 3.05) is 32.1 Å². The Hall–Kier alpha value is -0.510. The molecular weight excluding hydrogens is 221 g/mol. The number of rotatable bonds is 4. The Morgan fingerprint density at radius 1 is 1.36 bits per heavy atom. The first-order chi connectivity index (χ1) is 5.84. The molecule has 1 aromatic heterocycles. The third-order valence-corrected chi connectivity index (χ3v) is 1.74. The molecule has 0 spiro atoms. The highest BCUT2D eigenvalue weighted by atomic mass is 35.5. The second kappa shape index (κ2) is 9.06. The molecule has 0 saturated heterocycles. The van der Waals surface area contributed by atoms with Gasteiger partial charge in [-0.25, -0.2) is 4.98 Å². The Bertz CT molecular complexity index is 219. The minimum Gasteiger partial charge on any atom is -0.358 e. The predicted molar refractivity (Wildman–Crippen MR) is 65.9 cm³/mol. The maximum absolute atomic E-state index is 4.23. The average Bonchev–Trinajstić information content (AvgIpc) is 2.15. The minimum absolute atomic E-state index is 0. The summed E-state index contributed by atoms with van der Waals surface area (Å²) in [6.45, 7) is 1.96. The smallest absolute Gasteiger partial charge is 0.128 e. The first kappa shape index (κ1) is 15.9. The van der Waals surface area contributed by atoms with Crippen molar-refractivity contribution in [3.63, 3.8) is 0 Å². The third kappa shape index (κ3) is 5.27. The van der Waals surface area contributed by atoms with Crippen molar-refractivity contribution in [1.29, 1.82) is 0 Å². The van der Waals surface area contributed by atoms with E-state index in [0.29, 0.717) is 0 Å². The fraction of sp³-hybridized carbons (Fsp3) is 0.444. The van der Waals surface area contributed by atoms with E-state index in [4.69, 9.17) is 0 Å². The van der Waals surface area contributed by atoms with Crippen LogP contribution in [0.4, 0.5) is 5.82 Å². The summed E-state index contributed by atoms with van der Waals surface area (Å²) in [6, 6.07) is 5.93. The number of halogens is 2. The van der Waals surface area contributed by atoms with Crippen molar-refractivity contribution in [3.05, 3.63) is 24.4 Å². The highest BCUT2D eigenvalue weighted by molar-refractivity contribution is 5.85. The van der Waals surface area contributed by atoms with Gasteiger partial charge in [0.15, 0.2) is 0 Å². The largest absolute Gasteiger partial charge is 0.358 e. The van der Waals surface area contributed by atoms with E-state index in [0.717, 1.165) is 18.9 Å². The van der Waals surface area contributed by atoms with Gasteiger partial charge in [0.1, 0.15) is 5.82 Å². The molecule has 0 amide bonds. The van der Waals surface area contributed by atoms with Crippen LogP contribution in [0.15, 0.2) is 24.4 Å². The quantitative estimate of drug-likeness (QED) is 0.863. The average molecular weight is 238 g/mol. The summed E-state index contributed by atoms with van der Waals surface area (Å²) < 4.78 is 0. The molecule has 0 unspecified atom stereocenters. The zero-order chi connectivity index (χ0) is 8.81. The first-order valence-corrected chi connectivity index (χ1v) is 4.11. The van der Waals surface area contributed by atoms with Crippen LogP contribution >= 0.6 is 24.8 Å². The summed E-state index contributed by atoms with van der Waals surface area (Å²) in [5, 5.41) is 3.10. The van der Waals surface area contributed by atoms with Gasteiger partial charge in [0.2, 0.25) is 0 Å². The van der Waals surface area contributed by atoms with Crippen LogP contribution in [0.3, 0.4) is 0 Å². The molecule has 0 bridgehead atoms. The Labute approximate surface area is 97.7 Å². The molecule has 0 aromatic carbocycles. The van der Waals surface area contributed by atoms with Crippen molar-refractivity contribution in [3.8, 4) is 0 Å². The minimum atomic E-state index is 0. The molecule has 0 saturated carbocycles. The van der Waals surface area contributed by atoms with Gasteiger partial charge in [-0.05, 0) is 19.2 Å². The molecule has 0 radical (unpaired) electrons. The zero-order valence-corrected chi connectivity index (χ0v) is 10.1. The van der Waals surface area contributed by atoms with Crippen LogP contribution in [-0.4, -0.2) is 32.2 Å². The van der Waals surface area contributed by atoms with Gasteiger partial charge in [0, 0.05) is 26.3 Å². The van der Waals surface area contributed by atoms with Crippen molar-refractivity contribution in [2.24, 2.45) is 0 Å². The fourth-order valence-corrected chi connectivity index (χ4v) is 0.974. The normalized spacial score (nSPS) is 8.43. The summed E-state index contributed by atoms with van der Waals surface area (Å²) in [7, 11) is 3.99. The SMILES string of the molecule is CNCCN(C)c1ccccn1.Cl.Cl. The van der Waals surface area contributed by atoms with Crippen LogP contribution < -0.4 is 10.2 Å². The lowest BCUT2D eigenvalue weighted by Crippen LogP contribution is -2.27. The second-order valence-corrected chi connectivity index (χ2v) is 2.71. The van der Waals surface area contributed by atoms with Gasteiger partial charge in [-0.3, -0.25) is 0 Å². The summed E-state index contributed by atoms with van der Waals surface area (Å²) in [6.07, 6.45) is 1.81. The summed E-state index contributed by atoms with van der Waals surface area (Å²) in [5.74, 6) is 1.02. The number of pyridine rings is 1. The first-order valence-electron chi connectivity index (χ1n) is 4.11. The van der Waals surface area contributed by atoms with Crippen LogP contribution in [0.1, 0.15) is 0 Å². The Morgan fingerprint density at radius 2 is 2.07 bits per heavy atom. The van der Waals surface area contributed by atoms with Crippen molar-refractivity contribution in [2.45, 2.75) is 0 Å². The van der Waals surface area contributed by atoms with E-state index in [1.807, 2.05) is 38.5 Å². The Morgan fingerprint density at radius 3 is 2.57 bits per heavy atom. The van der Waals surface area contributed by atoms with E-state index < -0.39 is 0 Å². The maximum Gasteiger partial charge on any atom is 0.128 e. The van der Waals surface area contributed by atoms with E-state index in [1.165, 1.54) is 0 Å². The van der Waals surface area contributed by atoms with E-state index >= 15 is 0 Å². The zero-order valence-electron chi connectivity index (χ0n) is 8.43. The lowest BCUT2D eigenvalue weighted by atomic mass is 10.4. The number of nitrogens with one attached hydrogen (secondary N) is 1.